The standard InChI is InChI=1S/C22H18ClN5O5/c1-2-3-9-31-28-16-11-14(18-19(17(16)25-26-28)33-22(30)21(29)32-18)12-27-8-7-24-20(27)13-5-4-6-15(23)10-13/h4-8,10-11H,2-3,9,12H2,1H3. The van der Waals surface area contributed by atoms with Crippen LogP contribution in [0.4, 0.5) is 0 Å². The highest BCUT2D eigenvalue weighted by atomic mass is 35.5. The lowest BCUT2D eigenvalue weighted by molar-refractivity contribution is 0.0853. The Bertz CT molecular complexity index is 1580. The molecule has 11 heteroatoms. The van der Waals surface area contributed by atoms with Crippen molar-refractivity contribution in [3.63, 3.8) is 0 Å². The first kappa shape index (κ1) is 21.0. The van der Waals surface area contributed by atoms with E-state index in [2.05, 4.69) is 15.3 Å². The molecule has 0 saturated carbocycles. The van der Waals surface area contributed by atoms with Gasteiger partial charge in [0.1, 0.15) is 17.9 Å². The van der Waals surface area contributed by atoms with E-state index in [-0.39, 0.29) is 23.2 Å². The van der Waals surface area contributed by atoms with Crippen LogP contribution >= 0.6 is 11.6 Å². The van der Waals surface area contributed by atoms with Crippen LogP contribution < -0.4 is 16.1 Å². The highest BCUT2D eigenvalue weighted by Crippen LogP contribution is 2.28. The van der Waals surface area contributed by atoms with E-state index >= 15 is 0 Å². The number of aromatic nitrogens is 5. The van der Waals surface area contributed by atoms with Crippen LogP contribution in [0.15, 0.2) is 61.1 Å². The van der Waals surface area contributed by atoms with Crippen molar-refractivity contribution in [2.24, 2.45) is 0 Å². The van der Waals surface area contributed by atoms with E-state index < -0.39 is 11.3 Å². The van der Waals surface area contributed by atoms with E-state index in [0.29, 0.717) is 28.5 Å². The summed E-state index contributed by atoms with van der Waals surface area (Å²) in [5, 5.41) is 8.66. The molecular formula is C22H18ClN5O5. The third kappa shape index (κ3) is 3.89. The van der Waals surface area contributed by atoms with Crippen LogP contribution in [0, 0.1) is 0 Å². The number of fused-ring (bicyclic) bond motifs is 3. The molecule has 0 unspecified atom stereocenters. The zero-order valence-corrected chi connectivity index (χ0v) is 18.3. The number of benzene rings is 2. The van der Waals surface area contributed by atoms with Gasteiger partial charge in [-0.2, -0.15) is 0 Å². The van der Waals surface area contributed by atoms with Crippen LogP contribution in [0.5, 0.6) is 0 Å². The zero-order chi connectivity index (χ0) is 22.9. The summed E-state index contributed by atoms with van der Waals surface area (Å²) in [6, 6.07) is 9.06. The van der Waals surface area contributed by atoms with Gasteiger partial charge in [-0.15, -0.1) is 5.10 Å². The molecule has 0 bridgehead atoms. The maximum atomic E-state index is 12.0. The van der Waals surface area contributed by atoms with Gasteiger partial charge in [-0.3, -0.25) is 0 Å². The summed E-state index contributed by atoms with van der Waals surface area (Å²) in [5.41, 5.74) is 0.0323. The number of hydrogen-bond donors (Lipinski definition) is 0. The van der Waals surface area contributed by atoms with Crippen LogP contribution in [0.25, 0.3) is 33.6 Å². The van der Waals surface area contributed by atoms with E-state index in [0.717, 1.165) is 18.4 Å². The van der Waals surface area contributed by atoms with Gasteiger partial charge < -0.3 is 18.2 Å². The number of rotatable bonds is 7. The molecular weight excluding hydrogens is 450 g/mol. The van der Waals surface area contributed by atoms with Crippen molar-refractivity contribution < 1.29 is 13.7 Å². The molecule has 10 nitrogen and oxygen atoms in total. The topological polar surface area (TPSA) is 118 Å². The minimum absolute atomic E-state index is 0.0295. The summed E-state index contributed by atoms with van der Waals surface area (Å²) in [6.07, 6.45) is 5.24. The molecule has 0 aliphatic carbocycles. The summed E-state index contributed by atoms with van der Waals surface area (Å²) in [5.74, 6) is 0.663. The van der Waals surface area contributed by atoms with Gasteiger partial charge >= 0.3 is 11.3 Å². The van der Waals surface area contributed by atoms with Gasteiger partial charge in [0.25, 0.3) is 0 Å². The average molecular weight is 468 g/mol. The molecule has 5 rings (SSSR count). The highest BCUT2D eigenvalue weighted by molar-refractivity contribution is 6.30. The zero-order valence-electron chi connectivity index (χ0n) is 17.5. The van der Waals surface area contributed by atoms with E-state index in [1.165, 1.54) is 4.85 Å². The fourth-order valence-electron chi connectivity index (χ4n) is 3.54. The van der Waals surface area contributed by atoms with Crippen molar-refractivity contribution in [3.8, 4) is 11.4 Å². The first-order chi connectivity index (χ1) is 16.0. The normalized spacial score (nSPS) is 11.5. The van der Waals surface area contributed by atoms with Crippen LogP contribution in [0.2, 0.25) is 5.02 Å². The molecule has 3 heterocycles. The Morgan fingerprint density at radius 1 is 1.12 bits per heavy atom. The monoisotopic (exact) mass is 467 g/mol. The van der Waals surface area contributed by atoms with Crippen molar-refractivity contribution in [2.45, 2.75) is 26.3 Å². The third-order valence-electron chi connectivity index (χ3n) is 5.11. The molecule has 0 atom stereocenters. The molecule has 0 radical (unpaired) electrons. The van der Waals surface area contributed by atoms with E-state index in [9.17, 15) is 9.59 Å². The lowest BCUT2D eigenvalue weighted by Crippen LogP contribution is -2.21. The van der Waals surface area contributed by atoms with E-state index in [4.69, 9.17) is 25.3 Å². The SMILES string of the molecule is CCCCOn1nnc2c3oc(=O)c(=O)oc3c(Cn3ccnc3-c3cccc(Cl)c3)cc21. The molecule has 0 fully saturated rings. The van der Waals surface area contributed by atoms with Gasteiger partial charge in [-0.1, -0.05) is 41.9 Å². The quantitative estimate of drug-likeness (QED) is 0.264. The molecule has 33 heavy (non-hydrogen) atoms. The molecule has 0 aliphatic rings. The lowest BCUT2D eigenvalue weighted by Gasteiger charge is -2.11. The lowest BCUT2D eigenvalue weighted by atomic mass is 10.1. The van der Waals surface area contributed by atoms with Gasteiger partial charge in [0, 0.05) is 28.5 Å². The second-order valence-corrected chi connectivity index (χ2v) is 7.82. The van der Waals surface area contributed by atoms with Gasteiger partial charge in [0.15, 0.2) is 11.1 Å². The Morgan fingerprint density at radius 3 is 2.73 bits per heavy atom. The Hall–Kier alpha value is -3.92. The first-order valence-corrected chi connectivity index (χ1v) is 10.7. The minimum Gasteiger partial charge on any atom is -0.414 e. The number of nitrogens with zero attached hydrogens (tertiary/aromatic N) is 5. The molecule has 5 aromatic rings. The van der Waals surface area contributed by atoms with E-state index in [1.807, 2.05) is 23.6 Å². The predicted molar refractivity (Wildman–Crippen MR) is 120 cm³/mol. The van der Waals surface area contributed by atoms with Crippen LogP contribution in [-0.4, -0.2) is 31.3 Å². The Morgan fingerprint density at radius 2 is 1.94 bits per heavy atom. The van der Waals surface area contributed by atoms with Crippen molar-refractivity contribution in [1.82, 2.24) is 24.7 Å². The number of hydrogen-bond acceptors (Lipinski definition) is 8. The largest absolute Gasteiger partial charge is 0.423 e. The smallest absolute Gasteiger partial charge is 0.414 e. The molecule has 0 amide bonds. The number of imidazole rings is 1. The summed E-state index contributed by atoms with van der Waals surface area (Å²) in [7, 11) is 0. The van der Waals surface area contributed by atoms with Gasteiger partial charge in [0.05, 0.1) is 6.54 Å². The molecule has 3 aromatic heterocycles. The second kappa shape index (κ2) is 8.55. The second-order valence-electron chi connectivity index (χ2n) is 7.38. The van der Waals surface area contributed by atoms with Crippen LogP contribution in [-0.2, 0) is 6.54 Å². The van der Waals surface area contributed by atoms with Gasteiger partial charge in [0.2, 0.25) is 5.58 Å². The predicted octanol–water partition coefficient (Wildman–Crippen LogP) is 3.28. The Labute approximate surface area is 190 Å². The highest BCUT2D eigenvalue weighted by Gasteiger charge is 2.20. The van der Waals surface area contributed by atoms with Crippen LogP contribution in [0.1, 0.15) is 25.3 Å². The van der Waals surface area contributed by atoms with Crippen molar-refractivity contribution in [1.29, 1.82) is 0 Å². The molecule has 0 spiro atoms. The molecule has 168 valence electrons. The van der Waals surface area contributed by atoms with Crippen molar-refractivity contribution in [2.75, 3.05) is 6.61 Å². The first-order valence-electron chi connectivity index (χ1n) is 10.3. The Kier molecular flexibility index (Phi) is 5.43. The number of unbranched alkanes of at least 4 members (excludes halogenated alkanes) is 1. The fraction of sp³-hybridized carbons (Fsp3) is 0.227. The summed E-state index contributed by atoms with van der Waals surface area (Å²) < 4.78 is 12.4. The average Bonchev–Trinajstić information content (AvgIpc) is 3.42. The maximum absolute atomic E-state index is 12.0. The van der Waals surface area contributed by atoms with Crippen LogP contribution in [0.3, 0.4) is 0 Å². The van der Waals surface area contributed by atoms with Crippen molar-refractivity contribution in [3.05, 3.63) is 74.2 Å². The molecule has 0 saturated heterocycles. The van der Waals surface area contributed by atoms with Gasteiger partial charge in [-0.05, 0) is 29.8 Å². The Balaban J connectivity index is 1.67. The number of halogens is 1. The summed E-state index contributed by atoms with van der Waals surface area (Å²) in [4.78, 5) is 35.3. The maximum Gasteiger partial charge on any atom is 0.423 e. The minimum atomic E-state index is -1.12. The molecule has 0 aliphatic heterocycles. The molecule has 0 N–H and O–H groups in total. The molecule has 2 aromatic carbocycles. The van der Waals surface area contributed by atoms with E-state index in [1.54, 1.807) is 30.6 Å². The van der Waals surface area contributed by atoms with Crippen molar-refractivity contribution >= 4 is 33.8 Å². The summed E-state index contributed by atoms with van der Waals surface area (Å²) >= 11 is 6.15. The summed E-state index contributed by atoms with van der Waals surface area (Å²) in [6.45, 7) is 2.75. The van der Waals surface area contributed by atoms with Gasteiger partial charge in [-0.25, -0.2) is 14.6 Å². The fourth-order valence-corrected chi connectivity index (χ4v) is 3.73. The third-order valence-corrected chi connectivity index (χ3v) is 5.34.